The Labute approximate surface area is 203 Å². The van der Waals surface area contributed by atoms with E-state index >= 15 is 0 Å². The van der Waals surface area contributed by atoms with Crippen LogP contribution in [0.3, 0.4) is 0 Å². The molecule has 1 saturated heterocycles. The summed E-state index contributed by atoms with van der Waals surface area (Å²) in [6.07, 6.45) is 3.76. The van der Waals surface area contributed by atoms with Gasteiger partial charge in [0, 0.05) is 35.6 Å². The molecule has 1 aromatic heterocycles. The minimum absolute atomic E-state index is 0.0484. The molecule has 1 atom stereocenters. The van der Waals surface area contributed by atoms with E-state index in [4.69, 9.17) is 11.6 Å². The lowest BCUT2D eigenvalue weighted by atomic mass is 9.97. The molecule has 0 spiro atoms. The maximum absolute atomic E-state index is 12.9. The molecule has 2 heterocycles. The predicted molar refractivity (Wildman–Crippen MR) is 135 cm³/mol. The van der Waals surface area contributed by atoms with Crippen molar-refractivity contribution in [3.63, 3.8) is 0 Å². The predicted octanol–water partition coefficient (Wildman–Crippen LogP) is 4.45. The second-order valence-electron chi connectivity index (χ2n) is 8.23. The highest BCUT2D eigenvalue weighted by Gasteiger charge is 2.27. The van der Waals surface area contributed by atoms with Gasteiger partial charge in [-0.1, -0.05) is 29.8 Å². The lowest BCUT2D eigenvalue weighted by Gasteiger charge is -2.33. The van der Waals surface area contributed by atoms with E-state index in [0.29, 0.717) is 29.6 Å². The van der Waals surface area contributed by atoms with Crippen molar-refractivity contribution in [2.45, 2.75) is 31.2 Å². The molecule has 8 heteroatoms. The van der Waals surface area contributed by atoms with E-state index in [-0.39, 0.29) is 17.4 Å². The average molecular weight is 483 g/mol. The number of aryl methyl sites for hydroxylation is 1. The second-order valence-corrected chi connectivity index (χ2v) is 9.51. The molecule has 4 rings (SSSR count). The Bertz CT molecular complexity index is 1200. The van der Waals surface area contributed by atoms with Crippen molar-refractivity contribution < 1.29 is 4.79 Å². The second kappa shape index (κ2) is 10.4. The molecule has 0 radical (unpaired) electrons. The summed E-state index contributed by atoms with van der Waals surface area (Å²) >= 11 is 7.95. The number of amides is 1. The van der Waals surface area contributed by atoms with Gasteiger partial charge in [0.1, 0.15) is 5.82 Å². The van der Waals surface area contributed by atoms with Crippen LogP contribution in [0.2, 0.25) is 5.02 Å². The Morgan fingerprint density at radius 3 is 2.70 bits per heavy atom. The zero-order valence-corrected chi connectivity index (χ0v) is 20.3. The van der Waals surface area contributed by atoms with Gasteiger partial charge in [-0.3, -0.25) is 9.59 Å². The fourth-order valence-electron chi connectivity index (χ4n) is 3.94. The van der Waals surface area contributed by atoms with Gasteiger partial charge in [0.15, 0.2) is 0 Å². The van der Waals surface area contributed by atoms with Gasteiger partial charge in [0.25, 0.3) is 5.56 Å². The number of nitrogens with zero attached hydrogens (tertiary/aromatic N) is 3. The van der Waals surface area contributed by atoms with E-state index in [1.165, 1.54) is 15.6 Å². The molecule has 172 valence electrons. The highest BCUT2D eigenvalue weighted by atomic mass is 35.5. The number of piperidine rings is 1. The Hall–Kier alpha value is -2.77. The van der Waals surface area contributed by atoms with E-state index in [2.05, 4.69) is 27.4 Å². The summed E-state index contributed by atoms with van der Waals surface area (Å²) in [7, 11) is 0. The van der Waals surface area contributed by atoms with Crippen LogP contribution in [0.4, 0.5) is 5.82 Å². The third-order valence-corrected chi connectivity index (χ3v) is 7.08. The van der Waals surface area contributed by atoms with Crippen LogP contribution in [0.25, 0.3) is 5.69 Å². The summed E-state index contributed by atoms with van der Waals surface area (Å²) in [6.45, 7) is 3.79. The SMILES string of the molecule is CSc1ccc(CNC(=O)C2CCCN(c3ccc(=O)n(-c4ccc(C)c(Cl)c4)n3)C2)cc1. The molecule has 2 aromatic carbocycles. The van der Waals surface area contributed by atoms with Gasteiger partial charge in [-0.15, -0.1) is 16.9 Å². The van der Waals surface area contributed by atoms with Crippen LogP contribution in [0.1, 0.15) is 24.0 Å². The Morgan fingerprint density at radius 2 is 1.97 bits per heavy atom. The summed E-state index contributed by atoms with van der Waals surface area (Å²) in [5, 5.41) is 8.24. The molecule has 1 N–H and O–H groups in total. The molecule has 0 bridgehead atoms. The summed E-state index contributed by atoms with van der Waals surface area (Å²) in [6, 6.07) is 16.9. The highest BCUT2D eigenvalue weighted by Crippen LogP contribution is 2.23. The highest BCUT2D eigenvalue weighted by molar-refractivity contribution is 7.98. The number of benzene rings is 2. The van der Waals surface area contributed by atoms with E-state index in [1.807, 2.05) is 37.4 Å². The van der Waals surface area contributed by atoms with Crippen LogP contribution >= 0.6 is 23.4 Å². The number of rotatable bonds is 6. The molecule has 3 aromatic rings. The van der Waals surface area contributed by atoms with E-state index in [0.717, 1.165) is 30.5 Å². The van der Waals surface area contributed by atoms with Gasteiger partial charge < -0.3 is 10.2 Å². The van der Waals surface area contributed by atoms with Crippen molar-refractivity contribution in [1.29, 1.82) is 0 Å². The fourth-order valence-corrected chi connectivity index (χ4v) is 4.53. The van der Waals surface area contributed by atoms with Crippen molar-refractivity contribution in [3.8, 4) is 5.69 Å². The van der Waals surface area contributed by atoms with Gasteiger partial charge in [0.05, 0.1) is 11.6 Å². The van der Waals surface area contributed by atoms with Crippen molar-refractivity contribution in [3.05, 3.63) is 81.1 Å². The number of hydrogen-bond donors (Lipinski definition) is 1. The number of carbonyl (C=O) groups is 1. The maximum Gasteiger partial charge on any atom is 0.271 e. The van der Waals surface area contributed by atoms with E-state index < -0.39 is 0 Å². The quantitative estimate of drug-likeness (QED) is 0.526. The number of carbonyl (C=O) groups excluding carboxylic acids is 1. The zero-order chi connectivity index (χ0) is 23.4. The Balaban J connectivity index is 1.44. The number of halogens is 1. The summed E-state index contributed by atoms with van der Waals surface area (Å²) in [5.41, 5.74) is 2.42. The first-order valence-electron chi connectivity index (χ1n) is 11.0. The largest absolute Gasteiger partial charge is 0.354 e. The first kappa shape index (κ1) is 23.4. The first-order valence-corrected chi connectivity index (χ1v) is 12.6. The van der Waals surface area contributed by atoms with Gasteiger partial charge in [-0.2, -0.15) is 4.68 Å². The number of thioether (sulfide) groups is 1. The van der Waals surface area contributed by atoms with E-state index in [1.54, 1.807) is 23.9 Å². The van der Waals surface area contributed by atoms with Crippen LogP contribution in [0.15, 0.2) is 64.3 Å². The third-order valence-electron chi connectivity index (χ3n) is 5.93. The molecule has 1 aliphatic heterocycles. The summed E-state index contributed by atoms with van der Waals surface area (Å²) in [4.78, 5) is 28.6. The van der Waals surface area contributed by atoms with Crippen LogP contribution in [0.5, 0.6) is 0 Å². The smallest absolute Gasteiger partial charge is 0.271 e. The van der Waals surface area contributed by atoms with Crippen molar-refractivity contribution >= 4 is 35.1 Å². The normalized spacial score (nSPS) is 16.0. The average Bonchev–Trinajstić information content (AvgIpc) is 2.85. The minimum Gasteiger partial charge on any atom is -0.354 e. The Morgan fingerprint density at radius 1 is 1.18 bits per heavy atom. The number of nitrogens with one attached hydrogen (secondary N) is 1. The lowest BCUT2D eigenvalue weighted by Crippen LogP contribution is -2.43. The molecular weight excluding hydrogens is 456 g/mol. The first-order chi connectivity index (χ1) is 15.9. The van der Waals surface area contributed by atoms with Crippen molar-refractivity contribution in [2.75, 3.05) is 24.2 Å². The summed E-state index contributed by atoms with van der Waals surface area (Å²) in [5.74, 6) is 0.601. The monoisotopic (exact) mass is 482 g/mol. The third kappa shape index (κ3) is 5.60. The minimum atomic E-state index is -0.225. The Kier molecular flexibility index (Phi) is 7.40. The fraction of sp³-hybridized carbons (Fsp3) is 0.320. The molecule has 0 saturated carbocycles. The van der Waals surface area contributed by atoms with Gasteiger partial charge >= 0.3 is 0 Å². The standard InChI is InChI=1S/C25H27ClN4O2S/c1-17-5-8-20(14-22(17)26)30-24(31)12-11-23(28-30)29-13-3-4-19(16-29)25(32)27-15-18-6-9-21(33-2)10-7-18/h5-12,14,19H,3-4,13,15-16H2,1-2H3,(H,27,32). The van der Waals surface area contributed by atoms with E-state index in [9.17, 15) is 9.59 Å². The molecular formula is C25H27ClN4O2S. The van der Waals surface area contributed by atoms with Crippen LogP contribution in [-0.2, 0) is 11.3 Å². The molecule has 1 fully saturated rings. The van der Waals surface area contributed by atoms with Crippen molar-refractivity contribution in [2.24, 2.45) is 5.92 Å². The maximum atomic E-state index is 12.9. The van der Waals surface area contributed by atoms with Crippen molar-refractivity contribution in [1.82, 2.24) is 15.1 Å². The summed E-state index contributed by atoms with van der Waals surface area (Å²) < 4.78 is 1.36. The molecule has 33 heavy (non-hydrogen) atoms. The van der Waals surface area contributed by atoms with Crippen LogP contribution in [-0.4, -0.2) is 35.0 Å². The number of hydrogen-bond acceptors (Lipinski definition) is 5. The molecule has 1 unspecified atom stereocenters. The zero-order valence-electron chi connectivity index (χ0n) is 18.8. The molecule has 1 aliphatic rings. The number of aromatic nitrogens is 2. The molecule has 6 nitrogen and oxygen atoms in total. The van der Waals surface area contributed by atoms with Gasteiger partial charge in [-0.05, 0) is 67.5 Å². The van der Waals surface area contributed by atoms with Crippen LogP contribution < -0.4 is 15.8 Å². The lowest BCUT2D eigenvalue weighted by molar-refractivity contribution is -0.125. The number of anilines is 1. The van der Waals surface area contributed by atoms with Crippen LogP contribution in [0, 0.1) is 12.8 Å². The topological polar surface area (TPSA) is 67.2 Å². The van der Waals surface area contributed by atoms with Gasteiger partial charge in [0.2, 0.25) is 5.91 Å². The molecule has 1 amide bonds. The molecule has 0 aliphatic carbocycles. The van der Waals surface area contributed by atoms with Gasteiger partial charge in [-0.25, -0.2) is 0 Å².